The molecule has 2 aromatic carbocycles. The first-order valence-corrected chi connectivity index (χ1v) is 13.1. The van der Waals surface area contributed by atoms with Crippen molar-refractivity contribution in [3.63, 3.8) is 0 Å². The molecule has 0 saturated carbocycles. The highest BCUT2D eigenvalue weighted by Crippen LogP contribution is 2.36. The molecule has 1 aliphatic carbocycles. The summed E-state index contributed by atoms with van der Waals surface area (Å²) in [6.45, 7) is 11.1. The van der Waals surface area contributed by atoms with Crippen molar-refractivity contribution in [1.29, 1.82) is 0 Å². The number of aryl methyl sites for hydroxylation is 2. The average molecular weight is 489 g/mol. The molecule has 1 aromatic heterocycles. The van der Waals surface area contributed by atoms with Crippen LogP contribution in [0.15, 0.2) is 71.2 Å². The third-order valence-corrected chi connectivity index (χ3v) is 6.68. The first kappa shape index (κ1) is 25.8. The normalized spacial score (nSPS) is 14.5. The van der Waals surface area contributed by atoms with Crippen molar-refractivity contribution in [2.24, 2.45) is 15.8 Å². The summed E-state index contributed by atoms with van der Waals surface area (Å²) in [5.74, 6) is 1.80. The number of aromatic nitrogens is 1. The van der Waals surface area contributed by atoms with E-state index in [0.29, 0.717) is 18.6 Å². The summed E-state index contributed by atoms with van der Waals surface area (Å²) in [7, 11) is 1.65. The Morgan fingerprint density at radius 1 is 0.972 bits per heavy atom. The standard InChI is InChI=1S/C30H40N4O2/c1-6-7-8-26-25-15-19-34(20-18-29(2,3)4)27(25)13-14-28(26)36-22-21-35-24-11-9-23(10-12-24)30(16-17-30)32-33-31-5/h9-17,19H,6-8,18,20-22H2,1-5H3,(H,31,32). The lowest BCUT2D eigenvalue weighted by molar-refractivity contribution is 0.216. The minimum Gasteiger partial charge on any atom is -0.490 e. The first-order chi connectivity index (χ1) is 17.3. The van der Waals surface area contributed by atoms with Crippen LogP contribution in [0, 0.1) is 5.41 Å². The van der Waals surface area contributed by atoms with Crippen LogP contribution in [0.4, 0.5) is 0 Å². The van der Waals surface area contributed by atoms with Crippen molar-refractivity contribution in [3.8, 4) is 11.5 Å². The SMILES string of the molecule is CCCCc1c(OCCOc2ccc(C3(NN=NC)C=C3)cc2)ccc2c1ccn2CCC(C)(C)C. The molecule has 0 saturated heterocycles. The fourth-order valence-corrected chi connectivity index (χ4v) is 4.40. The monoisotopic (exact) mass is 488 g/mol. The number of ether oxygens (including phenoxy) is 2. The smallest absolute Gasteiger partial charge is 0.123 e. The molecular formula is C30H40N4O2. The Labute approximate surface area is 215 Å². The van der Waals surface area contributed by atoms with Gasteiger partial charge in [-0.2, -0.15) is 5.11 Å². The lowest BCUT2D eigenvalue weighted by atomic mass is 9.92. The highest BCUT2D eigenvalue weighted by Gasteiger charge is 2.36. The van der Waals surface area contributed by atoms with Crippen LogP contribution < -0.4 is 14.9 Å². The molecule has 0 unspecified atom stereocenters. The topological polar surface area (TPSA) is 60.1 Å². The summed E-state index contributed by atoms with van der Waals surface area (Å²) < 4.78 is 14.6. The van der Waals surface area contributed by atoms with Crippen LogP contribution in [0.1, 0.15) is 58.1 Å². The molecule has 1 aliphatic rings. The van der Waals surface area contributed by atoms with Gasteiger partial charge in [0.1, 0.15) is 30.3 Å². The Morgan fingerprint density at radius 3 is 2.39 bits per heavy atom. The zero-order chi connectivity index (χ0) is 25.6. The number of fused-ring (bicyclic) bond motifs is 1. The third-order valence-electron chi connectivity index (χ3n) is 6.68. The number of unbranched alkanes of at least 4 members (excludes halogenated alkanes) is 1. The Bertz CT molecular complexity index is 1200. The summed E-state index contributed by atoms with van der Waals surface area (Å²) in [5.41, 5.74) is 6.79. The largest absolute Gasteiger partial charge is 0.490 e. The summed E-state index contributed by atoms with van der Waals surface area (Å²) in [6.07, 6.45) is 10.8. The van der Waals surface area contributed by atoms with Gasteiger partial charge in [-0.15, -0.1) is 0 Å². The fourth-order valence-electron chi connectivity index (χ4n) is 4.40. The maximum atomic E-state index is 6.24. The number of benzene rings is 2. The fraction of sp³-hybridized carbons (Fsp3) is 0.467. The van der Waals surface area contributed by atoms with Crippen molar-refractivity contribution in [2.45, 2.75) is 65.5 Å². The van der Waals surface area contributed by atoms with E-state index in [1.807, 2.05) is 12.1 Å². The molecule has 36 heavy (non-hydrogen) atoms. The maximum Gasteiger partial charge on any atom is 0.123 e. The molecular weight excluding hydrogens is 448 g/mol. The Morgan fingerprint density at radius 2 is 1.72 bits per heavy atom. The van der Waals surface area contributed by atoms with E-state index in [1.54, 1.807) is 7.05 Å². The molecule has 0 atom stereocenters. The average Bonchev–Trinajstić information content (AvgIpc) is 3.54. The molecule has 0 aliphatic heterocycles. The molecule has 192 valence electrons. The molecule has 1 heterocycles. The van der Waals surface area contributed by atoms with Crippen molar-refractivity contribution >= 4 is 10.9 Å². The minimum absolute atomic E-state index is 0.305. The summed E-state index contributed by atoms with van der Waals surface area (Å²) in [5, 5.41) is 9.00. The van der Waals surface area contributed by atoms with Crippen LogP contribution in [0.5, 0.6) is 11.5 Å². The maximum absolute atomic E-state index is 6.24. The van der Waals surface area contributed by atoms with E-state index in [9.17, 15) is 0 Å². The summed E-state index contributed by atoms with van der Waals surface area (Å²) in [6, 6.07) is 14.7. The Hall–Kier alpha value is -3.28. The van der Waals surface area contributed by atoms with Crippen molar-refractivity contribution in [2.75, 3.05) is 20.3 Å². The van der Waals surface area contributed by atoms with Crippen LogP contribution in [0.3, 0.4) is 0 Å². The van der Waals surface area contributed by atoms with Gasteiger partial charge in [0.2, 0.25) is 0 Å². The van der Waals surface area contributed by atoms with E-state index < -0.39 is 0 Å². The molecule has 0 amide bonds. The molecule has 0 spiro atoms. The lowest BCUT2D eigenvalue weighted by Crippen LogP contribution is -2.25. The molecule has 0 fully saturated rings. The van der Waals surface area contributed by atoms with Gasteiger partial charge in [0.05, 0.1) is 7.05 Å². The Balaban J connectivity index is 1.36. The molecule has 3 aromatic rings. The second-order valence-corrected chi connectivity index (χ2v) is 10.7. The van der Waals surface area contributed by atoms with E-state index in [4.69, 9.17) is 9.47 Å². The van der Waals surface area contributed by atoms with E-state index in [1.165, 1.54) is 16.5 Å². The third kappa shape index (κ3) is 6.28. The quantitative estimate of drug-likeness (QED) is 0.119. The van der Waals surface area contributed by atoms with Gasteiger partial charge < -0.3 is 14.0 Å². The zero-order valence-corrected chi connectivity index (χ0v) is 22.4. The van der Waals surface area contributed by atoms with Crippen LogP contribution in [0.25, 0.3) is 10.9 Å². The molecule has 6 heteroatoms. The molecule has 0 bridgehead atoms. The highest BCUT2D eigenvalue weighted by atomic mass is 16.5. The molecule has 4 rings (SSSR count). The number of hydrogen-bond donors (Lipinski definition) is 1. The van der Waals surface area contributed by atoms with Gasteiger partial charge in [0.15, 0.2) is 0 Å². The van der Waals surface area contributed by atoms with E-state index in [2.05, 4.69) is 96.7 Å². The predicted molar refractivity (Wildman–Crippen MR) is 147 cm³/mol. The van der Waals surface area contributed by atoms with Gasteiger partial charge in [0.25, 0.3) is 0 Å². The number of nitrogens with one attached hydrogen (secondary N) is 1. The number of nitrogens with zero attached hydrogens (tertiary/aromatic N) is 3. The number of rotatable bonds is 13. The van der Waals surface area contributed by atoms with Crippen molar-refractivity contribution in [3.05, 3.63) is 71.9 Å². The van der Waals surface area contributed by atoms with E-state index in [0.717, 1.165) is 49.3 Å². The summed E-state index contributed by atoms with van der Waals surface area (Å²) >= 11 is 0. The first-order valence-electron chi connectivity index (χ1n) is 13.1. The van der Waals surface area contributed by atoms with Gasteiger partial charge in [-0.3, -0.25) is 5.43 Å². The predicted octanol–water partition coefficient (Wildman–Crippen LogP) is 7.23. The lowest BCUT2D eigenvalue weighted by Gasteiger charge is -2.19. The molecule has 6 nitrogen and oxygen atoms in total. The van der Waals surface area contributed by atoms with Gasteiger partial charge in [-0.25, -0.2) is 0 Å². The van der Waals surface area contributed by atoms with Crippen LogP contribution in [0.2, 0.25) is 0 Å². The highest BCUT2D eigenvalue weighted by molar-refractivity contribution is 5.86. The zero-order valence-electron chi connectivity index (χ0n) is 22.4. The minimum atomic E-state index is -0.305. The van der Waals surface area contributed by atoms with Gasteiger partial charge in [0, 0.05) is 29.2 Å². The van der Waals surface area contributed by atoms with Crippen molar-refractivity contribution in [1.82, 2.24) is 9.99 Å². The molecule has 0 radical (unpaired) electrons. The molecule has 1 N–H and O–H groups in total. The van der Waals surface area contributed by atoms with Gasteiger partial charge >= 0.3 is 0 Å². The summed E-state index contributed by atoms with van der Waals surface area (Å²) in [4.78, 5) is 0. The van der Waals surface area contributed by atoms with E-state index >= 15 is 0 Å². The van der Waals surface area contributed by atoms with Crippen LogP contribution in [-0.4, -0.2) is 24.8 Å². The van der Waals surface area contributed by atoms with Crippen molar-refractivity contribution < 1.29 is 9.47 Å². The Kier molecular flexibility index (Phi) is 8.02. The van der Waals surface area contributed by atoms with E-state index in [-0.39, 0.29) is 5.54 Å². The number of hydrogen-bond acceptors (Lipinski definition) is 4. The second-order valence-electron chi connectivity index (χ2n) is 10.7. The van der Waals surface area contributed by atoms with Crippen LogP contribution >= 0.6 is 0 Å². The van der Waals surface area contributed by atoms with Gasteiger partial charge in [-0.1, -0.05) is 63.6 Å². The van der Waals surface area contributed by atoms with Crippen LogP contribution in [-0.2, 0) is 18.5 Å². The van der Waals surface area contributed by atoms with Gasteiger partial charge in [-0.05, 0) is 60.6 Å². The second kappa shape index (κ2) is 11.2.